The summed E-state index contributed by atoms with van der Waals surface area (Å²) in [6.45, 7) is 5.43. The van der Waals surface area contributed by atoms with Gasteiger partial charge < -0.3 is 14.4 Å². The normalized spacial score (nSPS) is 31.7. The molecule has 0 amide bonds. The molecule has 3 heterocycles. The quantitative estimate of drug-likeness (QED) is 0.794. The van der Waals surface area contributed by atoms with Crippen LogP contribution in [0.5, 0.6) is 0 Å². The molecule has 2 aliphatic heterocycles. The average Bonchev–Trinajstić information content (AvgIpc) is 2.39. The monoisotopic (exact) mass is 326 g/mol. The highest BCUT2D eigenvalue weighted by Crippen LogP contribution is 2.32. The Morgan fingerprint density at radius 3 is 3.05 bits per heavy atom. The molecule has 2 fully saturated rings. The van der Waals surface area contributed by atoms with E-state index in [9.17, 15) is 0 Å². The van der Waals surface area contributed by atoms with Gasteiger partial charge in [0.05, 0.1) is 19.3 Å². The molecule has 0 bridgehead atoms. The van der Waals surface area contributed by atoms with Gasteiger partial charge >= 0.3 is 0 Å². The topological polar surface area (TPSA) is 34.6 Å². The zero-order valence-electron chi connectivity index (χ0n) is 11.1. The molecule has 0 N–H and O–H groups in total. The van der Waals surface area contributed by atoms with Crippen molar-refractivity contribution in [1.29, 1.82) is 0 Å². The van der Waals surface area contributed by atoms with E-state index in [1.165, 1.54) is 0 Å². The molecule has 0 radical (unpaired) electrons. The zero-order chi connectivity index (χ0) is 13.3. The Hall–Kier alpha value is -0.650. The summed E-state index contributed by atoms with van der Waals surface area (Å²) in [4.78, 5) is 6.81. The van der Waals surface area contributed by atoms with Gasteiger partial charge in [-0.15, -0.1) is 0 Å². The second-order valence-corrected chi connectivity index (χ2v) is 6.40. The summed E-state index contributed by atoms with van der Waals surface area (Å²) < 4.78 is 12.8. The van der Waals surface area contributed by atoms with Crippen LogP contribution in [0.15, 0.2) is 22.8 Å². The highest BCUT2D eigenvalue weighted by Gasteiger charge is 2.41. The first-order chi connectivity index (χ1) is 9.17. The molecule has 5 heteroatoms. The number of anilines is 1. The Bertz CT molecular complexity index is 432. The van der Waals surface area contributed by atoms with Gasteiger partial charge in [-0.1, -0.05) is 0 Å². The van der Waals surface area contributed by atoms with Gasteiger partial charge in [-0.2, -0.15) is 0 Å². The highest BCUT2D eigenvalue weighted by atomic mass is 79.9. The van der Waals surface area contributed by atoms with Crippen molar-refractivity contribution in [2.45, 2.75) is 31.5 Å². The van der Waals surface area contributed by atoms with Crippen LogP contribution < -0.4 is 4.90 Å². The van der Waals surface area contributed by atoms with Crippen molar-refractivity contribution in [3.8, 4) is 0 Å². The summed E-state index contributed by atoms with van der Waals surface area (Å²) >= 11 is 3.43. The maximum absolute atomic E-state index is 6.19. The Kier molecular flexibility index (Phi) is 3.78. The maximum atomic E-state index is 6.19. The Morgan fingerprint density at radius 1 is 1.47 bits per heavy atom. The number of hydrogen-bond donors (Lipinski definition) is 0. The molecular weight excluding hydrogens is 308 g/mol. The van der Waals surface area contributed by atoms with Crippen LogP contribution in [0.25, 0.3) is 0 Å². The third-order valence-electron chi connectivity index (χ3n) is 3.73. The molecule has 2 unspecified atom stereocenters. The Morgan fingerprint density at radius 2 is 2.37 bits per heavy atom. The number of nitrogens with zero attached hydrogens (tertiary/aromatic N) is 2. The van der Waals surface area contributed by atoms with Gasteiger partial charge in [0.2, 0.25) is 0 Å². The van der Waals surface area contributed by atoms with Gasteiger partial charge in [0.15, 0.2) is 0 Å². The third-order valence-corrected chi connectivity index (χ3v) is 4.20. The van der Waals surface area contributed by atoms with Crippen molar-refractivity contribution in [3.63, 3.8) is 0 Å². The van der Waals surface area contributed by atoms with Crippen LogP contribution in [0, 0.1) is 0 Å². The van der Waals surface area contributed by atoms with E-state index in [1.54, 1.807) is 0 Å². The van der Waals surface area contributed by atoms with Gasteiger partial charge in [0.1, 0.15) is 11.4 Å². The third kappa shape index (κ3) is 2.93. The van der Waals surface area contributed by atoms with Crippen LogP contribution >= 0.6 is 15.9 Å². The van der Waals surface area contributed by atoms with E-state index >= 15 is 0 Å². The standard InChI is InChI=1S/C14H19BrN2O2/c1-11-8-17(13-4-3-12(15)7-16-13)9-14(19-11)5-2-6-18-10-14/h3-4,7,11H,2,5-6,8-10H2,1H3. The predicted octanol–water partition coefficient (Wildman–Crippen LogP) is 2.62. The SMILES string of the molecule is CC1CN(c2ccc(Br)cn2)CC2(CCCOC2)O1. The Balaban J connectivity index is 1.80. The lowest BCUT2D eigenvalue weighted by Crippen LogP contribution is -2.58. The van der Waals surface area contributed by atoms with Crippen LogP contribution in [0.2, 0.25) is 0 Å². The van der Waals surface area contributed by atoms with Crippen molar-refractivity contribution < 1.29 is 9.47 Å². The van der Waals surface area contributed by atoms with Crippen molar-refractivity contribution in [3.05, 3.63) is 22.8 Å². The molecule has 2 saturated heterocycles. The van der Waals surface area contributed by atoms with Crippen molar-refractivity contribution >= 4 is 21.7 Å². The average molecular weight is 327 g/mol. The fraction of sp³-hybridized carbons (Fsp3) is 0.643. The number of halogens is 1. The number of aromatic nitrogens is 1. The number of pyridine rings is 1. The minimum absolute atomic E-state index is 0.148. The fourth-order valence-corrected chi connectivity index (χ4v) is 3.23. The maximum Gasteiger partial charge on any atom is 0.128 e. The Labute approximate surface area is 122 Å². The van der Waals surface area contributed by atoms with Crippen LogP contribution in [0.4, 0.5) is 5.82 Å². The lowest BCUT2D eigenvalue weighted by atomic mass is 9.93. The highest BCUT2D eigenvalue weighted by molar-refractivity contribution is 9.10. The van der Waals surface area contributed by atoms with E-state index in [0.717, 1.165) is 42.8 Å². The largest absolute Gasteiger partial charge is 0.378 e. The molecule has 0 aromatic carbocycles. The summed E-state index contributed by atoms with van der Waals surface area (Å²) in [5.74, 6) is 1.02. The molecule has 1 spiro atoms. The van der Waals surface area contributed by atoms with Crippen LogP contribution in [0.1, 0.15) is 19.8 Å². The summed E-state index contributed by atoms with van der Waals surface area (Å²) in [5.41, 5.74) is -0.148. The lowest BCUT2D eigenvalue weighted by Gasteiger charge is -2.47. The van der Waals surface area contributed by atoms with E-state index in [4.69, 9.17) is 9.47 Å². The second kappa shape index (κ2) is 5.38. The molecule has 1 aromatic rings. The van der Waals surface area contributed by atoms with E-state index in [2.05, 4.69) is 38.8 Å². The van der Waals surface area contributed by atoms with Crippen molar-refractivity contribution in [2.75, 3.05) is 31.2 Å². The lowest BCUT2D eigenvalue weighted by molar-refractivity contribution is -0.160. The van der Waals surface area contributed by atoms with Crippen LogP contribution in [0.3, 0.4) is 0 Å². The van der Waals surface area contributed by atoms with Crippen molar-refractivity contribution in [1.82, 2.24) is 4.98 Å². The molecule has 3 rings (SSSR count). The van der Waals surface area contributed by atoms with Gasteiger partial charge in [-0.25, -0.2) is 4.98 Å². The molecule has 0 aliphatic carbocycles. The first kappa shape index (κ1) is 13.3. The number of rotatable bonds is 1. The molecule has 4 nitrogen and oxygen atoms in total. The summed E-state index contributed by atoms with van der Waals surface area (Å²) in [5, 5.41) is 0. The molecule has 0 saturated carbocycles. The van der Waals surface area contributed by atoms with Crippen LogP contribution in [-0.2, 0) is 9.47 Å². The molecule has 2 atom stereocenters. The fourth-order valence-electron chi connectivity index (χ4n) is 3.00. The van der Waals surface area contributed by atoms with Gasteiger partial charge in [-0.05, 0) is 47.8 Å². The molecule has 1 aromatic heterocycles. The first-order valence-electron chi connectivity index (χ1n) is 6.79. The van der Waals surface area contributed by atoms with Gasteiger partial charge in [0.25, 0.3) is 0 Å². The van der Waals surface area contributed by atoms with E-state index < -0.39 is 0 Å². The molecule has 104 valence electrons. The summed E-state index contributed by atoms with van der Waals surface area (Å²) in [7, 11) is 0. The summed E-state index contributed by atoms with van der Waals surface area (Å²) in [6, 6.07) is 4.09. The number of hydrogen-bond acceptors (Lipinski definition) is 4. The van der Waals surface area contributed by atoms with E-state index in [-0.39, 0.29) is 11.7 Å². The van der Waals surface area contributed by atoms with Crippen molar-refractivity contribution in [2.24, 2.45) is 0 Å². The number of morpholine rings is 1. The molecular formula is C14H19BrN2O2. The second-order valence-electron chi connectivity index (χ2n) is 5.48. The number of ether oxygens (including phenoxy) is 2. The summed E-state index contributed by atoms with van der Waals surface area (Å²) in [6.07, 6.45) is 4.21. The van der Waals surface area contributed by atoms with Crippen LogP contribution in [-0.4, -0.2) is 43.0 Å². The van der Waals surface area contributed by atoms with E-state index in [0.29, 0.717) is 6.61 Å². The smallest absolute Gasteiger partial charge is 0.128 e. The zero-order valence-corrected chi connectivity index (χ0v) is 12.7. The first-order valence-corrected chi connectivity index (χ1v) is 7.58. The molecule has 19 heavy (non-hydrogen) atoms. The minimum atomic E-state index is -0.148. The minimum Gasteiger partial charge on any atom is -0.378 e. The van der Waals surface area contributed by atoms with Gasteiger partial charge in [-0.3, -0.25) is 0 Å². The predicted molar refractivity (Wildman–Crippen MR) is 77.5 cm³/mol. The molecule has 2 aliphatic rings. The van der Waals surface area contributed by atoms with E-state index in [1.807, 2.05) is 12.3 Å². The van der Waals surface area contributed by atoms with Gasteiger partial charge in [0, 0.05) is 23.8 Å².